The summed E-state index contributed by atoms with van der Waals surface area (Å²) in [5.74, 6) is -1.95. The van der Waals surface area contributed by atoms with Gasteiger partial charge in [-0.15, -0.1) is 0 Å². The van der Waals surface area contributed by atoms with Gasteiger partial charge >= 0.3 is 6.18 Å². The Hall–Kier alpha value is -1.19. The molecule has 1 heterocycles. The van der Waals surface area contributed by atoms with E-state index in [0.717, 1.165) is 16.4 Å². The Morgan fingerprint density at radius 3 is 2.23 bits per heavy atom. The molecule has 2 rings (SSSR count). The summed E-state index contributed by atoms with van der Waals surface area (Å²) < 4.78 is 76.5. The van der Waals surface area contributed by atoms with Crippen LogP contribution in [-0.2, 0) is 10.0 Å². The van der Waals surface area contributed by atoms with Crippen molar-refractivity contribution in [2.45, 2.75) is 30.0 Å². The molecule has 9 heteroatoms. The maximum atomic E-state index is 13.6. The Kier molecular flexibility index (Phi) is 4.78. The zero-order valence-corrected chi connectivity index (χ0v) is 12.2. The summed E-state index contributed by atoms with van der Waals surface area (Å²) in [4.78, 5) is -0.496. The van der Waals surface area contributed by atoms with E-state index in [4.69, 9.17) is 0 Å². The molecule has 0 aliphatic carbocycles. The zero-order chi connectivity index (χ0) is 16.5. The Morgan fingerprint density at radius 2 is 1.73 bits per heavy atom. The second-order valence-electron chi connectivity index (χ2n) is 5.16. The maximum Gasteiger partial charge on any atom is 0.414 e. The predicted octanol–water partition coefficient (Wildman–Crippen LogP) is 2.15. The number of sulfonamides is 1. The first kappa shape index (κ1) is 17.2. The lowest BCUT2D eigenvalue weighted by Crippen LogP contribution is -2.45. The minimum absolute atomic E-state index is 0.131. The molecule has 0 radical (unpaired) electrons. The Balaban J connectivity index is 2.10. The van der Waals surface area contributed by atoms with Crippen LogP contribution in [0.5, 0.6) is 0 Å². The van der Waals surface area contributed by atoms with E-state index in [1.807, 2.05) is 0 Å². The van der Waals surface area contributed by atoms with Gasteiger partial charge in [0.25, 0.3) is 0 Å². The van der Waals surface area contributed by atoms with Gasteiger partial charge in [-0.2, -0.15) is 17.5 Å². The summed E-state index contributed by atoms with van der Waals surface area (Å²) in [5, 5.41) is 9.21. The molecule has 0 unspecified atom stereocenters. The molecular formula is C13H15F4NO3S. The summed E-state index contributed by atoms with van der Waals surface area (Å²) >= 11 is 0. The second kappa shape index (κ2) is 6.13. The van der Waals surface area contributed by atoms with Gasteiger partial charge in [-0.3, -0.25) is 0 Å². The quantitative estimate of drug-likeness (QED) is 0.857. The number of piperidine rings is 1. The highest BCUT2D eigenvalue weighted by atomic mass is 32.2. The third-order valence-corrected chi connectivity index (χ3v) is 5.67. The fraction of sp³-hybridized carbons (Fsp3) is 0.538. The maximum absolute atomic E-state index is 13.6. The first-order chi connectivity index (χ1) is 10.1. The van der Waals surface area contributed by atoms with Crippen LogP contribution >= 0.6 is 0 Å². The number of rotatable bonds is 3. The van der Waals surface area contributed by atoms with E-state index in [9.17, 15) is 31.1 Å². The Morgan fingerprint density at radius 1 is 1.18 bits per heavy atom. The summed E-state index contributed by atoms with van der Waals surface area (Å²) in [6, 6.07) is 4.84. The fourth-order valence-corrected chi connectivity index (χ4v) is 4.03. The smallest absolute Gasteiger partial charge is 0.383 e. The van der Waals surface area contributed by atoms with Gasteiger partial charge in [-0.1, -0.05) is 12.1 Å². The third-order valence-electron chi connectivity index (χ3n) is 3.73. The van der Waals surface area contributed by atoms with E-state index in [1.54, 1.807) is 0 Å². The van der Waals surface area contributed by atoms with Crippen molar-refractivity contribution in [2.24, 2.45) is 5.92 Å². The van der Waals surface area contributed by atoms with Gasteiger partial charge in [0, 0.05) is 13.1 Å². The molecule has 1 aliphatic rings. The van der Waals surface area contributed by atoms with Crippen LogP contribution in [0.2, 0.25) is 0 Å². The van der Waals surface area contributed by atoms with Gasteiger partial charge in [0.05, 0.1) is 0 Å². The molecule has 1 aromatic rings. The van der Waals surface area contributed by atoms with E-state index in [2.05, 4.69) is 0 Å². The summed E-state index contributed by atoms with van der Waals surface area (Å²) in [6.07, 6.45) is -7.45. The van der Waals surface area contributed by atoms with Crippen molar-refractivity contribution in [3.05, 3.63) is 30.1 Å². The van der Waals surface area contributed by atoms with Crippen molar-refractivity contribution in [1.82, 2.24) is 4.31 Å². The number of aliphatic hydroxyl groups is 1. The Labute approximate surface area is 125 Å². The van der Waals surface area contributed by atoms with Crippen molar-refractivity contribution >= 4 is 10.0 Å². The predicted molar refractivity (Wildman–Crippen MR) is 69.9 cm³/mol. The van der Waals surface area contributed by atoms with Crippen LogP contribution < -0.4 is 0 Å². The molecule has 1 N–H and O–H groups in total. The van der Waals surface area contributed by atoms with E-state index in [-0.39, 0.29) is 25.9 Å². The SMILES string of the molecule is O=S(=O)(c1ccccc1F)N1CCC([C@H](O)C(F)(F)F)CC1. The van der Waals surface area contributed by atoms with Gasteiger partial charge in [-0.25, -0.2) is 12.8 Å². The average molecular weight is 341 g/mol. The minimum Gasteiger partial charge on any atom is -0.383 e. The largest absolute Gasteiger partial charge is 0.414 e. The molecule has 0 spiro atoms. The van der Waals surface area contributed by atoms with Crippen LogP contribution in [-0.4, -0.2) is 43.2 Å². The minimum atomic E-state index is -4.72. The van der Waals surface area contributed by atoms with Gasteiger partial charge < -0.3 is 5.11 Å². The topological polar surface area (TPSA) is 57.6 Å². The third kappa shape index (κ3) is 3.41. The Bertz CT molecular complexity index is 624. The normalized spacial score (nSPS) is 20.0. The van der Waals surface area contributed by atoms with Crippen molar-refractivity contribution < 1.29 is 31.1 Å². The van der Waals surface area contributed by atoms with Crippen LogP contribution in [0.15, 0.2) is 29.2 Å². The fourth-order valence-electron chi connectivity index (χ4n) is 2.49. The molecule has 0 aromatic heterocycles. The first-order valence-electron chi connectivity index (χ1n) is 6.63. The van der Waals surface area contributed by atoms with Gasteiger partial charge in [0.1, 0.15) is 10.7 Å². The lowest BCUT2D eigenvalue weighted by atomic mass is 9.92. The van der Waals surface area contributed by atoms with Gasteiger partial charge in [0.2, 0.25) is 10.0 Å². The molecule has 0 amide bonds. The molecule has 1 aliphatic heterocycles. The average Bonchev–Trinajstić information content (AvgIpc) is 2.46. The number of alkyl halides is 3. The van der Waals surface area contributed by atoms with Crippen molar-refractivity contribution in [2.75, 3.05) is 13.1 Å². The number of halogens is 4. The van der Waals surface area contributed by atoms with Gasteiger partial charge in [-0.05, 0) is 30.9 Å². The van der Waals surface area contributed by atoms with Crippen molar-refractivity contribution in [3.63, 3.8) is 0 Å². The van der Waals surface area contributed by atoms with Gasteiger partial charge in [0.15, 0.2) is 6.10 Å². The van der Waals surface area contributed by atoms with E-state index < -0.39 is 38.9 Å². The molecule has 1 fully saturated rings. The molecule has 0 saturated carbocycles. The van der Waals surface area contributed by atoms with Crippen LogP contribution in [0.3, 0.4) is 0 Å². The molecule has 124 valence electrons. The molecule has 22 heavy (non-hydrogen) atoms. The van der Waals surface area contributed by atoms with E-state index >= 15 is 0 Å². The lowest BCUT2D eigenvalue weighted by molar-refractivity contribution is -0.222. The highest BCUT2D eigenvalue weighted by Gasteiger charge is 2.45. The van der Waals surface area contributed by atoms with Crippen LogP contribution in [0, 0.1) is 11.7 Å². The summed E-state index contributed by atoms with van der Waals surface area (Å²) in [5.41, 5.74) is 0. The van der Waals surface area contributed by atoms with E-state index in [1.165, 1.54) is 12.1 Å². The molecule has 1 aromatic carbocycles. The molecular weight excluding hydrogens is 326 g/mol. The van der Waals surface area contributed by atoms with Crippen LogP contribution in [0.4, 0.5) is 17.6 Å². The van der Waals surface area contributed by atoms with Crippen molar-refractivity contribution in [1.29, 1.82) is 0 Å². The highest BCUT2D eigenvalue weighted by molar-refractivity contribution is 7.89. The number of aliphatic hydroxyl groups excluding tert-OH is 1. The first-order valence-corrected chi connectivity index (χ1v) is 8.07. The lowest BCUT2D eigenvalue weighted by Gasteiger charge is -2.34. The molecule has 4 nitrogen and oxygen atoms in total. The second-order valence-corrected chi connectivity index (χ2v) is 7.06. The number of hydrogen-bond acceptors (Lipinski definition) is 3. The number of nitrogens with zero attached hydrogens (tertiary/aromatic N) is 1. The number of hydrogen-bond donors (Lipinski definition) is 1. The molecule has 0 bridgehead atoms. The summed E-state index contributed by atoms with van der Waals surface area (Å²) in [6.45, 7) is -0.372. The zero-order valence-electron chi connectivity index (χ0n) is 11.4. The monoisotopic (exact) mass is 341 g/mol. The number of benzene rings is 1. The van der Waals surface area contributed by atoms with Crippen LogP contribution in [0.1, 0.15) is 12.8 Å². The highest BCUT2D eigenvalue weighted by Crippen LogP contribution is 2.33. The summed E-state index contributed by atoms with van der Waals surface area (Å²) in [7, 11) is -4.08. The van der Waals surface area contributed by atoms with Crippen LogP contribution in [0.25, 0.3) is 0 Å². The standard InChI is InChI=1S/C13H15F4NO3S/c14-10-3-1-2-4-11(10)22(20,21)18-7-5-9(6-8-18)12(19)13(15,16)17/h1-4,9,12,19H,5-8H2/t12-/m0/s1. The molecule has 1 saturated heterocycles. The van der Waals surface area contributed by atoms with E-state index in [0.29, 0.717) is 0 Å². The van der Waals surface area contributed by atoms with Crippen molar-refractivity contribution in [3.8, 4) is 0 Å². The molecule has 1 atom stereocenters.